The molecule has 3 N–H and O–H groups in total. The second-order valence-electron chi connectivity index (χ2n) is 24.1. The van der Waals surface area contributed by atoms with Crippen molar-refractivity contribution in [2.24, 2.45) is 35.0 Å². The third kappa shape index (κ3) is 20.3. The highest BCUT2D eigenvalue weighted by Gasteiger charge is 2.51. The van der Waals surface area contributed by atoms with Crippen LogP contribution in [0.25, 0.3) is 0 Å². The second kappa shape index (κ2) is 34.6. The lowest BCUT2D eigenvalue weighted by atomic mass is 9.80. The van der Waals surface area contributed by atoms with E-state index in [1.807, 2.05) is 81.3 Å². The van der Waals surface area contributed by atoms with Gasteiger partial charge in [0, 0.05) is 64.4 Å². The molecule has 18 nitrogen and oxygen atoms in total. The number of carbonyl (C=O) groups excluding carboxylic acids is 6. The number of Topliss-reactive ketones (excluding diaryl/α,β-unsaturated/α-hetero) is 3. The first-order valence-corrected chi connectivity index (χ1v) is 30.2. The number of ether oxygens (including phenoxy) is 5. The molecule has 0 radical (unpaired) electrons. The first-order valence-electron chi connectivity index (χ1n) is 30.2. The second-order valence-corrected chi connectivity index (χ2v) is 24.1. The minimum atomic E-state index is -2.16. The summed E-state index contributed by atoms with van der Waals surface area (Å²) < 4.78 is 28.3. The van der Waals surface area contributed by atoms with Gasteiger partial charge >= 0.3 is 11.9 Å². The van der Waals surface area contributed by atoms with Gasteiger partial charge < -0.3 is 43.9 Å². The van der Waals surface area contributed by atoms with E-state index in [-0.39, 0.29) is 85.8 Å². The van der Waals surface area contributed by atoms with Crippen molar-refractivity contribution in [2.45, 2.75) is 201 Å². The van der Waals surface area contributed by atoms with Crippen LogP contribution in [0.3, 0.4) is 0 Å². The quantitative estimate of drug-likeness (QED) is 0.0477. The number of hydrogen-bond donors (Lipinski definition) is 3. The van der Waals surface area contributed by atoms with Gasteiger partial charge in [-0.1, -0.05) is 88.8 Å². The van der Waals surface area contributed by atoms with Crippen LogP contribution in [0.2, 0.25) is 0 Å². The zero-order valence-electron chi connectivity index (χ0n) is 52.3. The number of esters is 2. The summed E-state index contributed by atoms with van der Waals surface area (Å²) in [5.41, 5.74) is 2.90. The highest BCUT2D eigenvalue weighted by atomic mass is 16.7. The van der Waals surface area contributed by atoms with E-state index in [4.69, 9.17) is 33.6 Å². The minimum absolute atomic E-state index is 0.00246. The van der Waals surface area contributed by atoms with Crippen molar-refractivity contribution >= 4 is 40.9 Å². The normalized spacial score (nSPS) is 25.7. The van der Waals surface area contributed by atoms with Crippen molar-refractivity contribution in [1.82, 2.24) is 9.88 Å². The smallest absolute Gasteiger partial charge is 0.328 e. The number of para-hydroxylation sites is 1. The number of hydroxylamine groups is 1. The van der Waals surface area contributed by atoms with Gasteiger partial charge in [-0.15, -0.1) is 0 Å². The summed E-state index contributed by atoms with van der Waals surface area (Å²) in [5, 5.41) is 30.6. The fourth-order valence-electron chi connectivity index (χ4n) is 11.4. The SMILES string of the molecule is CC/C(C)=C/C1C=CC([C@@H](C)CC(C)C(=O)[C@H](OC)C(O)/C(C)=C/CC(C)=O)N(c2ccccc2)O1.CO.CO[C@@H]1C[C@H](C[C@@H](C)COC(=O)C2CCCCN2C(=O)C(=O)C2(O)OCCCC2C)CCC1OC(=O)C(C)(C)Cc1ccccn1. The first kappa shape index (κ1) is 71.0. The number of aliphatic hydroxyl groups excluding tert-OH is 2. The van der Waals surface area contributed by atoms with Gasteiger partial charge in [-0.05, 0) is 153 Å². The molecular formula is C66H99N3O15. The molecule has 468 valence electrons. The molecule has 8 unspecified atom stereocenters. The van der Waals surface area contributed by atoms with E-state index in [0.29, 0.717) is 56.4 Å². The van der Waals surface area contributed by atoms with Crippen LogP contribution in [0.4, 0.5) is 5.69 Å². The van der Waals surface area contributed by atoms with Gasteiger partial charge in [-0.2, -0.15) is 0 Å². The van der Waals surface area contributed by atoms with E-state index in [2.05, 4.69) is 44.0 Å². The summed E-state index contributed by atoms with van der Waals surface area (Å²) in [6, 6.07) is 14.7. The lowest BCUT2D eigenvalue weighted by Gasteiger charge is -2.39. The Hall–Kier alpha value is -5.47. The Morgan fingerprint density at radius 2 is 1.61 bits per heavy atom. The van der Waals surface area contributed by atoms with E-state index in [1.54, 1.807) is 33.2 Å². The number of aliphatic hydroxyl groups is 3. The molecule has 1 aromatic heterocycles. The number of ketones is 3. The van der Waals surface area contributed by atoms with E-state index >= 15 is 0 Å². The Balaban J connectivity index is 0.000000361. The molecule has 1 amide bonds. The Kier molecular flexibility index (Phi) is 29.3. The number of anilines is 1. The fourth-order valence-corrected chi connectivity index (χ4v) is 11.4. The van der Waals surface area contributed by atoms with Gasteiger partial charge in [0.05, 0.1) is 36.5 Å². The highest BCUT2D eigenvalue weighted by molar-refractivity contribution is 6.39. The Morgan fingerprint density at radius 3 is 2.24 bits per heavy atom. The summed E-state index contributed by atoms with van der Waals surface area (Å²) in [6.07, 6.45) is 15.4. The lowest BCUT2D eigenvalue weighted by Crippen LogP contribution is -2.59. The molecule has 1 aromatic carbocycles. The number of piperidine rings is 1. The number of hydrogen-bond acceptors (Lipinski definition) is 17. The molecule has 18 heteroatoms. The predicted molar refractivity (Wildman–Crippen MR) is 321 cm³/mol. The molecule has 0 bridgehead atoms. The van der Waals surface area contributed by atoms with E-state index in [0.717, 1.165) is 50.6 Å². The fraction of sp³-hybridized carbons (Fsp3) is 0.652. The largest absolute Gasteiger partial charge is 0.464 e. The average Bonchev–Trinajstić information content (AvgIpc) is 3.70. The number of rotatable bonds is 25. The van der Waals surface area contributed by atoms with Gasteiger partial charge in [0.2, 0.25) is 5.79 Å². The molecular weight excluding hydrogens is 1070 g/mol. The zero-order valence-corrected chi connectivity index (χ0v) is 52.3. The van der Waals surface area contributed by atoms with Crippen molar-refractivity contribution < 1.29 is 72.6 Å². The summed E-state index contributed by atoms with van der Waals surface area (Å²) in [4.78, 5) is 89.2. The number of likely N-dealkylation sites (tertiary alicyclic amines) is 1. The summed E-state index contributed by atoms with van der Waals surface area (Å²) >= 11 is 0. The van der Waals surface area contributed by atoms with E-state index < -0.39 is 53.0 Å². The molecule has 2 saturated heterocycles. The summed E-state index contributed by atoms with van der Waals surface area (Å²) in [6.45, 7) is 19.5. The molecule has 1 aliphatic carbocycles. The summed E-state index contributed by atoms with van der Waals surface area (Å²) in [5.74, 6) is -5.45. The number of pyridine rings is 1. The maximum Gasteiger partial charge on any atom is 0.328 e. The van der Waals surface area contributed by atoms with Gasteiger partial charge in [0.25, 0.3) is 11.7 Å². The maximum absolute atomic E-state index is 13.3. The molecule has 3 fully saturated rings. The molecule has 6 rings (SSSR count). The number of carbonyl (C=O) groups is 6. The number of benzene rings is 1. The molecule has 4 heterocycles. The maximum atomic E-state index is 13.3. The van der Waals surface area contributed by atoms with Crippen molar-refractivity contribution in [3.05, 3.63) is 95.9 Å². The molecule has 2 aromatic rings. The van der Waals surface area contributed by atoms with Crippen molar-refractivity contribution in [3.8, 4) is 0 Å². The topological polar surface area (TPSA) is 238 Å². The third-order valence-electron chi connectivity index (χ3n) is 16.7. The van der Waals surface area contributed by atoms with E-state index in [1.165, 1.54) is 24.5 Å². The van der Waals surface area contributed by atoms with Gasteiger partial charge in [0.15, 0.2) is 5.78 Å². The Labute approximate surface area is 499 Å². The highest BCUT2D eigenvalue weighted by Crippen LogP contribution is 2.36. The number of methoxy groups -OCH3 is 2. The molecule has 3 aliphatic heterocycles. The molecule has 13 atom stereocenters. The van der Waals surface area contributed by atoms with Crippen LogP contribution in [0.1, 0.15) is 152 Å². The monoisotopic (exact) mass is 1170 g/mol. The number of aromatic nitrogens is 1. The predicted octanol–water partition coefficient (Wildman–Crippen LogP) is 9.26. The van der Waals surface area contributed by atoms with Crippen LogP contribution < -0.4 is 5.06 Å². The Morgan fingerprint density at radius 1 is 0.905 bits per heavy atom. The van der Waals surface area contributed by atoms with Crippen LogP contribution in [0.5, 0.6) is 0 Å². The van der Waals surface area contributed by atoms with Crippen LogP contribution in [-0.4, -0.2) is 150 Å². The van der Waals surface area contributed by atoms with Crippen molar-refractivity contribution in [3.63, 3.8) is 0 Å². The molecule has 84 heavy (non-hydrogen) atoms. The van der Waals surface area contributed by atoms with Gasteiger partial charge in [-0.25, -0.2) is 9.86 Å². The zero-order chi connectivity index (χ0) is 62.3. The molecule has 4 aliphatic rings. The van der Waals surface area contributed by atoms with Crippen molar-refractivity contribution in [2.75, 3.05) is 46.2 Å². The van der Waals surface area contributed by atoms with Crippen LogP contribution in [-0.2, 0) is 63.7 Å². The third-order valence-corrected chi connectivity index (χ3v) is 16.7. The van der Waals surface area contributed by atoms with Crippen molar-refractivity contribution in [1.29, 1.82) is 0 Å². The van der Waals surface area contributed by atoms with Crippen LogP contribution in [0.15, 0.2) is 90.2 Å². The molecule has 0 spiro atoms. The summed E-state index contributed by atoms with van der Waals surface area (Å²) in [7, 11) is 4.07. The lowest BCUT2D eigenvalue weighted by molar-refractivity contribution is -0.240. The van der Waals surface area contributed by atoms with Crippen LogP contribution in [0, 0.1) is 35.0 Å². The average molecular weight is 1170 g/mol. The standard InChI is InChI=1S/C35H52N2O9.C30H43NO5.CH4O/c1-23(19-25-14-15-28(29(20-25)43-5)46-33(41)34(3,4)21-26-12-6-8-16-36-26)22-44-32(40)27-13-7-9-17-37(27)31(39)30(38)35(42)24(2)11-10-18-45-35;1-8-20(2)18-26-16-17-27(31(36-26)25-12-10-9-11-13-25)22(4)19-23(5)29(34)30(35-7)28(33)21(3)14-15-24(6)32;1-2/h6,8,12,16,23-25,27-29,42H,7,9-11,13-15,17-22H2,1-5H3;9-14,16-18,22-23,26-28,30,33H,8,15,19H2,1-7H3;2H,1H3/b;20-18+,21-14+;/t23-,24?,25+,27?,28?,29-,35?;22-,23?,26?,27?,28?,30+;/m10./s1. The van der Waals surface area contributed by atoms with Gasteiger partial charge in [0.1, 0.15) is 36.2 Å². The van der Waals surface area contributed by atoms with E-state index in [9.17, 15) is 39.0 Å². The first-order chi connectivity index (χ1) is 39.9. The minimum Gasteiger partial charge on any atom is -0.464 e. The number of nitrogens with zero attached hydrogens (tertiary/aromatic N) is 3. The van der Waals surface area contributed by atoms with Crippen LogP contribution >= 0.6 is 0 Å². The molecule has 1 saturated carbocycles. The number of allylic oxidation sites excluding steroid dienone is 2. The number of amides is 1. The Bertz CT molecular complexity index is 2500. The van der Waals surface area contributed by atoms with Gasteiger partial charge in [-0.3, -0.25) is 33.8 Å².